The van der Waals surface area contributed by atoms with E-state index in [4.69, 9.17) is 4.74 Å². The fourth-order valence-electron chi connectivity index (χ4n) is 4.79. The summed E-state index contributed by atoms with van der Waals surface area (Å²) in [5.41, 5.74) is 1.38. The van der Waals surface area contributed by atoms with E-state index in [1.54, 1.807) is 0 Å². The highest BCUT2D eigenvalue weighted by molar-refractivity contribution is 5.69. The lowest BCUT2D eigenvalue weighted by Gasteiger charge is -2.15. The number of allylic oxidation sites excluding steroid dienone is 3. The third kappa shape index (κ3) is 7.44. The third-order valence-corrected chi connectivity index (χ3v) is 6.39. The van der Waals surface area contributed by atoms with Crippen LogP contribution in [0.15, 0.2) is 23.8 Å². The average Bonchev–Trinajstić information content (AvgIpc) is 3.18. The van der Waals surface area contributed by atoms with Gasteiger partial charge in [0, 0.05) is 12.3 Å². The van der Waals surface area contributed by atoms with Crippen LogP contribution in [0.2, 0.25) is 0 Å². The smallest absolute Gasteiger partial charge is 0.305 e. The molecule has 2 aliphatic carbocycles. The fourth-order valence-corrected chi connectivity index (χ4v) is 4.79. The number of fused-ring (bicyclic) bond motifs is 1. The molecule has 0 radical (unpaired) electrons. The van der Waals surface area contributed by atoms with Crippen LogP contribution in [0.25, 0.3) is 0 Å². The van der Waals surface area contributed by atoms with Crippen molar-refractivity contribution < 1.29 is 14.6 Å². The van der Waals surface area contributed by atoms with Gasteiger partial charge in [-0.25, -0.2) is 0 Å². The van der Waals surface area contributed by atoms with Gasteiger partial charge in [-0.15, -0.1) is 0 Å². The SMILES string of the molecule is CCCCCCCCCC/C=C/[C@@H]1C2C=C(CCC(=O)OC)CC2C[C@H]1O. The van der Waals surface area contributed by atoms with E-state index in [2.05, 4.69) is 25.2 Å². The Morgan fingerprint density at radius 1 is 1.19 bits per heavy atom. The summed E-state index contributed by atoms with van der Waals surface area (Å²) in [5, 5.41) is 10.4. The summed E-state index contributed by atoms with van der Waals surface area (Å²) in [7, 11) is 1.45. The normalized spacial score (nSPS) is 27.1. The molecule has 2 rings (SSSR count). The van der Waals surface area contributed by atoms with E-state index in [0.29, 0.717) is 18.3 Å². The van der Waals surface area contributed by atoms with Gasteiger partial charge in [-0.3, -0.25) is 4.79 Å². The molecular weight excluding hydrogens is 336 g/mol. The van der Waals surface area contributed by atoms with Crippen molar-refractivity contribution in [3.8, 4) is 0 Å². The number of carbonyl (C=O) groups is 1. The molecule has 0 aromatic rings. The average molecular weight is 377 g/mol. The van der Waals surface area contributed by atoms with Crippen LogP contribution in [0.1, 0.15) is 90.4 Å². The zero-order chi connectivity index (χ0) is 19.5. The highest BCUT2D eigenvalue weighted by atomic mass is 16.5. The second-order valence-corrected chi connectivity index (χ2v) is 8.51. The van der Waals surface area contributed by atoms with E-state index >= 15 is 0 Å². The van der Waals surface area contributed by atoms with E-state index in [1.165, 1.54) is 64.0 Å². The Balaban J connectivity index is 1.65. The minimum Gasteiger partial charge on any atom is -0.469 e. The Hall–Kier alpha value is -1.09. The number of rotatable bonds is 13. The summed E-state index contributed by atoms with van der Waals surface area (Å²) in [6.07, 6.45) is 21.9. The maximum Gasteiger partial charge on any atom is 0.305 e. The van der Waals surface area contributed by atoms with E-state index in [1.807, 2.05) is 0 Å². The largest absolute Gasteiger partial charge is 0.469 e. The molecule has 0 aromatic heterocycles. The lowest BCUT2D eigenvalue weighted by atomic mass is 9.91. The van der Waals surface area contributed by atoms with Gasteiger partial charge in [-0.2, -0.15) is 0 Å². The molecule has 3 heteroatoms. The van der Waals surface area contributed by atoms with Crippen molar-refractivity contribution in [3.63, 3.8) is 0 Å². The standard InChI is InChI=1S/C24H40O3/c1-3-4-5-6-7-8-9-10-11-12-13-21-22-17-19(14-15-24(26)27-2)16-20(22)18-23(21)25/h12-13,17,20-23,25H,3-11,14-16,18H2,1-2H3/b13-12+/t20?,21-,22?,23-/m1/s1. The summed E-state index contributed by atoms with van der Waals surface area (Å²) in [4.78, 5) is 11.3. The van der Waals surface area contributed by atoms with Gasteiger partial charge in [-0.05, 0) is 43.9 Å². The van der Waals surface area contributed by atoms with Gasteiger partial charge >= 0.3 is 5.97 Å². The van der Waals surface area contributed by atoms with Crippen molar-refractivity contribution in [2.24, 2.45) is 17.8 Å². The minimum absolute atomic E-state index is 0.130. The van der Waals surface area contributed by atoms with Gasteiger partial charge in [0.2, 0.25) is 0 Å². The molecule has 2 unspecified atom stereocenters. The predicted octanol–water partition coefficient (Wildman–Crippen LogP) is 5.97. The molecular formula is C24H40O3. The molecule has 0 aliphatic heterocycles. The predicted molar refractivity (Wildman–Crippen MR) is 111 cm³/mol. The molecule has 0 amide bonds. The van der Waals surface area contributed by atoms with Crippen molar-refractivity contribution in [3.05, 3.63) is 23.8 Å². The molecule has 27 heavy (non-hydrogen) atoms. The number of aliphatic hydroxyl groups is 1. The van der Waals surface area contributed by atoms with Crippen molar-refractivity contribution >= 4 is 5.97 Å². The molecule has 154 valence electrons. The number of ether oxygens (including phenoxy) is 1. The van der Waals surface area contributed by atoms with Crippen LogP contribution < -0.4 is 0 Å². The Morgan fingerprint density at radius 3 is 2.59 bits per heavy atom. The first-order valence-corrected chi connectivity index (χ1v) is 11.3. The maximum atomic E-state index is 11.3. The van der Waals surface area contributed by atoms with Crippen LogP contribution in [-0.2, 0) is 9.53 Å². The van der Waals surface area contributed by atoms with Crippen LogP contribution in [-0.4, -0.2) is 24.3 Å². The fraction of sp³-hybridized carbons (Fsp3) is 0.792. The Morgan fingerprint density at radius 2 is 1.89 bits per heavy atom. The van der Waals surface area contributed by atoms with Crippen LogP contribution in [0.5, 0.6) is 0 Å². The molecule has 3 nitrogen and oxygen atoms in total. The molecule has 1 N–H and O–H groups in total. The number of methoxy groups -OCH3 is 1. The van der Waals surface area contributed by atoms with Crippen LogP contribution in [0.4, 0.5) is 0 Å². The van der Waals surface area contributed by atoms with Crippen LogP contribution in [0, 0.1) is 17.8 Å². The zero-order valence-electron chi connectivity index (χ0n) is 17.5. The van der Waals surface area contributed by atoms with Crippen molar-refractivity contribution in [1.82, 2.24) is 0 Å². The van der Waals surface area contributed by atoms with Gasteiger partial charge in [-0.1, -0.05) is 75.7 Å². The number of hydrogen-bond acceptors (Lipinski definition) is 3. The molecule has 2 aliphatic rings. The molecule has 0 heterocycles. The van der Waals surface area contributed by atoms with Gasteiger partial charge in [0.25, 0.3) is 0 Å². The Labute approximate surface area is 166 Å². The topological polar surface area (TPSA) is 46.5 Å². The van der Waals surface area contributed by atoms with E-state index in [-0.39, 0.29) is 18.0 Å². The quantitative estimate of drug-likeness (QED) is 0.245. The molecule has 0 spiro atoms. The first-order valence-electron chi connectivity index (χ1n) is 11.3. The van der Waals surface area contributed by atoms with Gasteiger partial charge in [0.1, 0.15) is 0 Å². The monoisotopic (exact) mass is 376 g/mol. The summed E-state index contributed by atoms with van der Waals surface area (Å²) in [6, 6.07) is 0. The summed E-state index contributed by atoms with van der Waals surface area (Å²) >= 11 is 0. The second kappa shape index (κ2) is 12.4. The molecule has 4 atom stereocenters. The number of esters is 1. The first-order chi connectivity index (χ1) is 13.2. The second-order valence-electron chi connectivity index (χ2n) is 8.51. The van der Waals surface area contributed by atoms with E-state index in [9.17, 15) is 9.90 Å². The van der Waals surface area contributed by atoms with E-state index in [0.717, 1.165) is 25.7 Å². The highest BCUT2D eigenvalue weighted by Crippen LogP contribution is 2.48. The summed E-state index contributed by atoms with van der Waals surface area (Å²) in [5.74, 6) is 1.15. The molecule has 1 saturated carbocycles. The number of carbonyl (C=O) groups excluding carboxylic acids is 1. The Kier molecular flexibility index (Phi) is 10.2. The third-order valence-electron chi connectivity index (χ3n) is 6.39. The van der Waals surface area contributed by atoms with Crippen LogP contribution in [0.3, 0.4) is 0 Å². The van der Waals surface area contributed by atoms with Crippen molar-refractivity contribution in [2.45, 2.75) is 96.5 Å². The Bertz CT molecular complexity index is 494. The maximum absolute atomic E-state index is 11.3. The minimum atomic E-state index is -0.201. The zero-order valence-corrected chi connectivity index (χ0v) is 17.5. The summed E-state index contributed by atoms with van der Waals surface area (Å²) < 4.78 is 4.74. The molecule has 0 bridgehead atoms. The lowest BCUT2D eigenvalue weighted by Crippen LogP contribution is -2.15. The van der Waals surface area contributed by atoms with Crippen molar-refractivity contribution in [1.29, 1.82) is 0 Å². The molecule has 1 fully saturated rings. The first kappa shape index (κ1) is 22.2. The van der Waals surface area contributed by atoms with Gasteiger partial charge in [0.05, 0.1) is 13.2 Å². The summed E-state index contributed by atoms with van der Waals surface area (Å²) in [6.45, 7) is 2.26. The number of hydrogen-bond donors (Lipinski definition) is 1. The number of unbranched alkanes of at least 4 members (excludes halogenated alkanes) is 8. The van der Waals surface area contributed by atoms with Crippen LogP contribution >= 0.6 is 0 Å². The van der Waals surface area contributed by atoms with E-state index < -0.39 is 0 Å². The number of aliphatic hydroxyl groups excluding tert-OH is 1. The molecule has 0 saturated heterocycles. The molecule has 0 aromatic carbocycles. The van der Waals surface area contributed by atoms with Crippen molar-refractivity contribution in [2.75, 3.05) is 7.11 Å². The highest BCUT2D eigenvalue weighted by Gasteiger charge is 2.42. The van der Waals surface area contributed by atoms with Gasteiger partial charge in [0.15, 0.2) is 0 Å². The lowest BCUT2D eigenvalue weighted by molar-refractivity contribution is -0.140. The van der Waals surface area contributed by atoms with Gasteiger partial charge < -0.3 is 9.84 Å².